The smallest absolute Gasteiger partial charge is 0.119 e. The average Bonchev–Trinajstić information content (AvgIpc) is 2.70. The van der Waals surface area contributed by atoms with Gasteiger partial charge in [0.25, 0.3) is 0 Å². The van der Waals surface area contributed by atoms with Crippen molar-refractivity contribution in [1.29, 1.82) is 0 Å². The predicted molar refractivity (Wildman–Crippen MR) is 115 cm³/mol. The molecule has 3 nitrogen and oxygen atoms in total. The van der Waals surface area contributed by atoms with Gasteiger partial charge in [0.2, 0.25) is 0 Å². The lowest BCUT2D eigenvalue weighted by molar-refractivity contribution is 0.234. The Morgan fingerprint density at radius 3 is 2.15 bits per heavy atom. The fraction of sp³-hybridized carbons (Fsp3) is 0.500. The van der Waals surface area contributed by atoms with Crippen LogP contribution < -0.4 is 14.8 Å². The summed E-state index contributed by atoms with van der Waals surface area (Å²) in [6.07, 6.45) is 7.45. The van der Waals surface area contributed by atoms with Gasteiger partial charge in [-0.15, -0.1) is 0 Å². The maximum Gasteiger partial charge on any atom is 0.119 e. The van der Waals surface area contributed by atoms with Crippen LogP contribution in [0.5, 0.6) is 11.5 Å². The fourth-order valence-corrected chi connectivity index (χ4v) is 2.90. The highest BCUT2D eigenvalue weighted by Crippen LogP contribution is 2.18. The molecule has 148 valence electrons. The van der Waals surface area contributed by atoms with Gasteiger partial charge in [0.1, 0.15) is 17.6 Å². The Kier molecular flexibility index (Phi) is 9.61. The number of unbranched alkanes of at least 4 members (excludes halogenated alkanes) is 4. The van der Waals surface area contributed by atoms with Gasteiger partial charge in [0, 0.05) is 5.69 Å². The molecule has 0 aliphatic carbocycles. The van der Waals surface area contributed by atoms with Gasteiger partial charge in [0.05, 0.1) is 13.2 Å². The number of rotatable bonds is 13. The number of benzene rings is 2. The largest absolute Gasteiger partial charge is 0.494 e. The van der Waals surface area contributed by atoms with Gasteiger partial charge in [-0.25, -0.2) is 0 Å². The summed E-state index contributed by atoms with van der Waals surface area (Å²) in [4.78, 5) is 0. The Labute approximate surface area is 165 Å². The molecule has 3 heteroatoms. The molecule has 2 rings (SSSR count). The van der Waals surface area contributed by atoms with Crippen LogP contribution in [0.15, 0.2) is 48.5 Å². The fourth-order valence-electron chi connectivity index (χ4n) is 2.90. The summed E-state index contributed by atoms with van der Waals surface area (Å²) < 4.78 is 11.8. The Morgan fingerprint density at radius 1 is 0.815 bits per heavy atom. The van der Waals surface area contributed by atoms with E-state index in [4.69, 9.17) is 9.47 Å². The summed E-state index contributed by atoms with van der Waals surface area (Å²) in [6, 6.07) is 16.5. The van der Waals surface area contributed by atoms with E-state index in [-0.39, 0.29) is 6.10 Å². The molecule has 0 saturated carbocycles. The number of ether oxygens (including phenoxy) is 2. The Bertz CT molecular complexity index is 622. The van der Waals surface area contributed by atoms with Crippen molar-refractivity contribution >= 4 is 5.69 Å². The Balaban J connectivity index is 1.66. The SMILES string of the molecule is CCCCCCCOc1ccc(NCC(C)Oc2ccc(CC)cc2)cc1. The first kappa shape index (κ1) is 21.1. The minimum atomic E-state index is 0.0940. The summed E-state index contributed by atoms with van der Waals surface area (Å²) in [5, 5.41) is 3.42. The summed E-state index contributed by atoms with van der Waals surface area (Å²) in [7, 11) is 0. The number of hydrogen-bond acceptors (Lipinski definition) is 3. The lowest BCUT2D eigenvalue weighted by Crippen LogP contribution is -2.22. The van der Waals surface area contributed by atoms with Crippen molar-refractivity contribution in [1.82, 2.24) is 0 Å². The van der Waals surface area contributed by atoms with E-state index in [0.717, 1.165) is 43.2 Å². The van der Waals surface area contributed by atoms with Crippen LogP contribution in [0.2, 0.25) is 0 Å². The monoisotopic (exact) mass is 369 g/mol. The average molecular weight is 370 g/mol. The van der Waals surface area contributed by atoms with E-state index >= 15 is 0 Å². The second-order valence-corrected chi connectivity index (χ2v) is 7.09. The highest BCUT2D eigenvalue weighted by Gasteiger charge is 2.04. The van der Waals surface area contributed by atoms with Gasteiger partial charge < -0.3 is 14.8 Å². The van der Waals surface area contributed by atoms with E-state index in [2.05, 4.69) is 50.4 Å². The van der Waals surface area contributed by atoms with Crippen LogP contribution >= 0.6 is 0 Å². The first-order valence-corrected chi connectivity index (χ1v) is 10.4. The summed E-state index contributed by atoms with van der Waals surface area (Å²) >= 11 is 0. The van der Waals surface area contributed by atoms with Gasteiger partial charge >= 0.3 is 0 Å². The van der Waals surface area contributed by atoms with Crippen molar-refractivity contribution in [3.05, 3.63) is 54.1 Å². The first-order chi connectivity index (χ1) is 13.2. The molecule has 1 atom stereocenters. The maximum absolute atomic E-state index is 5.97. The first-order valence-electron chi connectivity index (χ1n) is 10.4. The van der Waals surface area contributed by atoms with E-state index in [9.17, 15) is 0 Å². The number of hydrogen-bond donors (Lipinski definition) is 1. The Hall–Kier alpha value is -2.16. The zero-order valence-corrected chi connectivity index (χ0v) is 17.2. The molecule has 0 bridgehead atoms. The third-order valence-electron chi connectivity index (χ3n) is 4.63. The van der Waals surface area contributed by atoms with Gasteiger partial charge in [0.15, 0.2) is 0 Å². The van der Waals surface area contributed by atoms with Crippen LogP contribution in [0.1, 0.15) is 58.4 Å². The zero-order chi connectivity index (χ0) is 19.3. The van der Waals surface area contributed by atoms with E-state index in [1.807, 2.05) is 24.3 Å². The minimum Gasteiger partial charge on any atom is -0.494 e. The van der Waals surface area contributed by atoms with Gasteiger partial charge in [-0.05, 0) is 61.7 Å². The Morgan fingerprint density at radius 2 is 1.48 bits per heavy atom. The van der Waals surface area contributed by atoms with Crippen LogP contribution in [0.25, 0.3) is 0 Å². The maximum atomic E-state index is 5.97. The topological polar surface area (TPSA) is 30.5 Å². The predicted octanol–water partition coefficient (Wildman–Crippen LogP) is 6.48. The molecule has 0 aliphatic heterocycles. The normalized spacial score (nSPS) is 11.8. The molecule has 0 saturated heterocycles. The molecule has 2 aromatic carbocycles. The summed E-state index contributed by atoms with van der Waals surface area (Å²) in [5.74, 6) is 1.86. The van der Waals surface area contributed by atoms with Gasteiger partial charge in [-0.2, -0.15) is 0 Å². The van der Waals surface area contributed by atoms with E-state index in [0.29, 0.717) is 0 Å². The molecule has 27 heavy (non-hydrogen) atoms. The van der Waals surface area contributed by atoms with Crippen LogP contribution in [-0.4, -0.2) is 19.3 Å². The number of nitrogens with one attached hydrogen (secondary N) is 1. The second-order valence-electron chi connectivity index (χ2n) is 7.09. The van der Waals surface area contributed by atoms with Crippen LogP contribution in [0.3, 0.4) is 0 Å². The lowest BCUT2D eigenvalue weighted by atomic mass is 10.2. The molecule has 0 radical (unpaired) electrons. The standard InChI is InChI=1S/C24H35NO2/c1-4-6-7-8-9-18-26-23-16-12-22(13-17-23)25-19-20(3)27-24-14-10-21(5-2)11-15-24/h10-17,20,25H,4-9,18-19H2,1-3H3. The molecule has 0 aromatic heterocycles. The number of aryl methyl sites for hydroxylation is 1. The molecule has 1 unspecified atom stereocenters. The summed E-state index contributed by atoms with van der Waals surface area (Å²) in [6.45, 7) is 8.04. The zero-order valence-electron chi connectivity index (χ0n) is 17.2. The molecular formula is C24H35NO2. The van der Waals surface area contributed by atoms with Gasteiger partial charge in [-0.3, -0.25) is 0 Å². The molecule has 0 heterocycles. The third kappa shape index (κ3) is 8.38. The molecule has 0 amide bonds. The second kappa shape index (κ2) is 12.3. The minimum absolute atomic E-state index is 0.0940. The van der Waals surface area contributed by atoms with Crippen LogP contribution in [-0.2, 0) is 6.42 Å². The quantitative estimate of drug-likeness (QED) is 0.410. The number of anilines is 1. The van der Waals surface area contributed by atoms with E-state index < -0.39 is 0 Å². The molecular weight excluding hydrogens is 334 g/mol. The highest BCUT2D eigenvalue weighted by molar-refractivity contribution is 5.46. The lowest BCUT2D eigenvalue weighted by Gasteiger charge is -2.16. The van der Waals surface area contributed by atoms with Crippen molar-refractivity contribution in [3.8, 4) is 11.5 Å². The third-order valence-corrected chi connectivity index (χ3v) is 4.63. The molecule has 2 aromatic rings. The molecule has 0 aliphatic rings. The van der Waals surface area contributed by atoms with E-state index in [1.165, 1.54) is 31.2 Å². The van der Waals surface area contributed by atoms with Crippen molar-refractivity contribution in [2.75, 3.05) is 18.5 Å². The molecule has 0 fully saturated rings. The van der Waals surface area contributed by atoms with E-state index in [1.54, 1.807) is 0 Å². The van der Waals surface area contributed by atoms with Crippen molar-refractivity contribution in [2.45, 2.75) is 65.4 Å². The van der Waals surface area contributed by atoms with Crippen LogP contribution in [0.4, 0.5) is 5.69 Å². The van der Waals surface area contributed by atoms with Gasteiger partial charge in [-0.1, -0.05) is 51.7 Å². The molecule has 1 N–H and O–H groups in total. The van der Waals surface area contributed by atoms with Crippen molar-refractivity contribution in [3.63, 3.8) is 0 Å². The highest BCUT2D eigenvalue weighted by atomic mass is 16.5. The summed E-state index contributed by atoms with van der Waals surface area (Å²) in [5.41, 5.74) is 2.42. The van der Waals surface area contributed by atoms with Crippen molar-refractivity contribution in [2.24, 2.45) is 0 Å². The van der Waals surface area contributed by atoms with Crippen LogP contribution in [0, 0.1) is 0 Å². The van der Waals surface area contributed by atoms with Crippen molar-refractivity contribution < 1.29 is 9.47 Å². The molecule has 0 spiro atoms.